The van der Waals surface area contributed by atoms with Gasteiger partial charge in [0.1, 0.15) is 28.2 Å². The number of primary amides is 1. The third-order valence-electron chi connectivity index (χ3n) is 6.24. The lowest BCUT2D eigenvalue weighted by atomic mass is 10.0. The molecule has 5 N–H and O–H groups in total. The fraction of sp³-hybridized carbons (Fsp3) is 0.308. The number of anilines is 2. The zero-order valence-corrected chi connectivity index (χ0v) is 22.1. The van der Waals surface area contributed by atoms with Crippen molar-refractivity contribution in [1.82, 2.24) is 9.69 Å². The molecule has 1 aliphatic heterocycles. The van der Waals surface area contributed by atoms with E-state index in [9.17, 15) is 18.8 Å². The van der Waals surface area contributed by atoms with Gasteiger partial charge in [-0.25, -0.2) is 4.39 Å². The minimum Gasteiger partial charge on any atom is -0.497 e. The molecule has 1 aromatic heterocycles. The summed E-state index contributed by atoms with van der Waals surface area (Å²) < 4.78 is 34.3. The summed E-state index contributed by atoms with van der Waals surface area (Å²) in [5, 5.41) is 2.86. The van der Waals surface area contributed by atoms with Crippen LogP contribution in [0.1, 0.15) is 44.6 Å². The summed E-state index contributed by atoms with van der Waals surface area (Å²) in [7, 11) is 2.87. The van der Waals surface area contributed by atoms with E-state index in [4.69, 9.17) is 25.7 Å². The van der Waals surface area contributed by atoms with Gasteiger partial charge in [0.05, 0.1) is 31.7 Å². The fourth-order valence-electron chi connectivity index (χ4n) is 4.27. The van der Waals surface area contributed by atoms with Gasteiger partial charge in [0.25, 0.3) is 11.8 Å². The van der Waals surface area contributed by atoms with E-state index in [1.165, 1.54) is 43.4 Å². The highest BCUT2D eigenvalue weighted by atomic mass is 32.1. The van der Waals surface area contributed by atoms with Crippen LogP contribution in [0.25, 0.3) is 0 Å². The van der Waals surface area contributed by atoms with Gasteiger partial charge < -0.3 is 31.0 Å². The number of nitrogens with two attached hydrogens (primary N) is 2. The molecule has 39 heavy (non-hydrogen) atoms. The Hall–Kier alpha value is -4.23. The fourth-order valence-corrected chi connectivity index (χ4v) is 5.01. The van der Waals surface area contributed by atoms with Crippen LogP contribution in [-0.4, -0.2) is 55.6 Å². The molecule has 3 amide bonds. The van der Waals surface area contributed by atoms with Crippen molar-refractivity contribution in [2.75, 3.05) is 38.0 Å². The maximum Gasteiger partial charge on any atom is 0.273 e. The molecular formula is C26H28FN5O6S. The highest BCUT2D eigenvalue weighted by Crippen LogP contribution is 2.39. The van der Waals surface area contributed by atoms with Gasteiger partial charge in [0.2, 0.25) is 5.91 Å². The maximum atomic E-state index is 14.2. The van der Waals surface area contributed by atoms with Crippen molar-refractivity contribution >= 4 is 40.6 Å². The first-order chi connectivity index (χ1) is 18.7. The minimum absolute atomic E-state index is 0.110. The number of halogens is 1. The first-order valence-electron chi connectivity index (χ1n) is 12.0. The molecule has 1 saturated heterocycles. The molecule has 0 aliphatic carbocycles. The summed E-state index contributed by atoms with van der Waals surface area (Å²) in [5.74, 6) is -2.07. The molecule has 0 saturated carbocycles. The number of methoxy groups -OCH3 is 2. The number of amides is 3. The van der Waals surface area contributed by atoms with Crippen LogP contribution in [-0.2, 0) is 9.53 Å². The van der Waals surface area contributed by atoms with Crippen LogP contribution >= 0.6 is 11.5 Å². The van der Waals surface area contributed by atoms with Crippen LogP contribution in [0.2, 0.25) is 0 Å². The van der Waals surface area contributed by atoms with Crippen LogP contribution in [0.15, 0.2) is 42.5 Å². The van der Waals surface area contributed by atoms with E-state index in [-0.39, 0.29) is 40.3 Å². The summed E-state index contributed by atoms with van der Waals surface area (Å²) >= 11 is 0.673. The van der Waals surface area contributed by atoms with Gasteiger partial charge in [-0.3, -0.25) is 19.3 Å². The Morgan fingerprint density at radius 3 is 2.54 bits per heavy atom. The summed E-state index contributed by atoms with van der Waals surface area (Å²) in [6.45, 7) is 0.815. The average Bonchev–Trinajstić information content (AvgIpc) is 3.60. The summed E-state index contributed by atoms with van der Waals surface area (Å²) in [6.07, 6.45) is 1.49. The molecule has 1 fully saturated rings. The molecule has 2 atom stereocenters. The molecule has 0 spiro atoms. The van der Waals surface area contributed by atoms with Crippen molar-refractivity contribution in [1.29, 1.82) is 0 Å². The normalized spacial score (nSPS) is 15.4. The molecule has 0 radical (unpaired) electrons. The van der Waals surface area contributed by atoms with Gasteiger partial charge >= 0.3 is 0 Å². The Bertz CT molecular complexity index is 1360. The van der Waals surface area contributed by atoms with Crippen molar-refractivity contribution in [3.8, 4) is 11.5 Å². The van der Waals surface area contributed by atoms with E-state index < -0.39 is 29.6 Å². The van der Waals surface area contributed by atoms with E-state index in [0.717, 1.165) is 12.8 Å². The Balaban J connectivity index is 1.87. The molecule has 1 aliphatic rings. The molecule has 2 aromatic carbocycles. The third-order valence-corrected chi connectivity index (χ3v) is 7.09. The van der Waals surface area contributed by atoms with Crippen molar-refractivity contribution in [2.24, 2.45) is 5.73 Å². The van der Waals surface area contributed by atoms with Gasteiger partial charge in [0, 0.05) is 19.2 Å². The zero-order chi connectivity index (χ0) is 28.1. The van der Waals surface area contributed by atoms with Crippen LogP contribution in [0.4, 0.5) is 15.8 Å². The molecule has 2 heterocycles. The smallest absolute Gasteiger partial charge is 0.273 e. The quantitative estimate of drug-likeness (QED) is 0.343. The molecular weight excluding hydrogens is 529 g/mol. The number of nitrogen functional groups attached to an aromatic ring is 1. The van der Waals surface area contributed by atoms with E-state index in [1.807, 2.05) is 0 Å². The van der Waals surface area contributed by atoms with Gasteiger partial charge in [-0.2, -0.15) is 4.37 Å². The van der Waals surface area contributed by atoms with Crippen LogP contribution < -0.4 is 31.2 Å². The predicted octanol–water partition coefficient (Wildman–Crippen LogP) is 2.66. The van der Waals surface area contributed by atoms with Crippen LogP contribution in [0, 0.1) is 5.82 Å². The number of benzene rings is 2. The Morgan fingerprint density at radius 1 is 1.21 bits per heavy atom. The first kappa shape index (κ1) is 27.8. The molecule has 11 nitrogen and oxygen atoms in total. The number of nitrogens with zero attached hydrogens (tertiary/aromatic N) is 2. The second-order valence-electron chi connectivity index (χ2n) is 8.69. The van der Waals surface area contributed by atoms with Gasteiger partial charge in [0.15, 0.2) is 5.69 Å². The first-order valence-corrected chi connectivity index (χ1v) is 12.8. The average molecular weight is 558 g/mol. The Kier molecular flexibility index (Phi) is 8.62. The second-order valence-corrected chi connectivity index (χ2v) is 9.46. The Labute approximate surface area is 228 Å². The van der Waals surface area contributed by atoms with Crippen molar-refractivity contribution in [2.45, 2.75) is 25.0 Å². The largest absolute Gasteiger partial charge is 0.497 e. The van der Waals surface area contributed by atoms with Gasteiger partial charge in [-0.05, 0) is 54.2 Å². The molecule has 13 heteroatoms. The predicted molar refractivity (Wildman–Crippen MR) is 143 cm³/mol. The number of hydrogen-bond acceptors (Lipinski definition) is 9. The van der Waals surface area contributed by atoms with Crippen molar-refractivity contribution in [3.63, 3.8) is 0 Å². The maximum absolute atomic E-state index is 14.2. The van der Waals surface area contributed by atoms with Crippen molar-refractivity contribution < 1.29 is 33.0 Å². The van der Waals surface area contributed by atoms with Crippen molar-refractivity contribution in [3.05, 3.63) is 64.4 Å². The molecule has 206 valence electrons. The van der Waals surface area contributed by atoms with E-state index in [0.29, 0.717) is 29.5 Å². The highest BCUT2D eigenvalue weighted by molar-refractivity contribution is 7.09. The van der Waals surface area contributed by atoms with Crippen LogP contribution in [0.5, 0.6) is 11.5 Å². The molecule has 0 unspecified atom stereocenters. The Morgan fingerprint density at radius 2 is 1.95 bits per heavy atom. The number of aromatic nitrogens is 1. The SMILES string of the molecule is COc1ccc(N(C(=O)c2snc(C(N)=O)c2N)[C@H](C(=O)NC[C@H]2CCCO2)c2ccc(F)cc2)c(OC)c1. The lowest BCUT2D eigenvalue weighted by molar-refractivity contribution is -0.123. The summed E-state index contributed by atoms with van der Waals surface area (Å²) in [4.78, 5) is 40.8. The number of hydrogen-bond donors (Lipinski definition) is 3. The number of rotatable bonds is 10. The number of carbonyl (C=O) groups excluding carboxylic acids is 3. The minimum atomic E-state index is -1.31. The zero-order valence-electron chi connectivity index (χ0n) is 21.3. The van der Waals surface area contributed by atoms with E-state index in [1.54, 1.807) is 18.2 Å². The molecule has 0 bridgehead atoms. The molecule has 3 aromatic rings. The summed E-state index contributed by atoms with van der Waals surface area (Å²) in [5.41, 5.74) is 11.5. The summed E-state index contributed by atoms with van der Waals surface area (Å²) in [6, 6.07) is 8.58. The standard InChI is InChI=1S/C26H28FN5O6S/c1-36-16-9-10-18(19(12-16)37-2)32(26(35)23-20(28)21(24(29)33)31-39-23)22(14-5-7-15(27)8-6-14)25(34)30-13-17-4-3-11-38-17/h5-10,12,17,22H,3-4,11,13,28H2,1-2H3,(H2,29,33)(H,30,34)/t17-,22+/m1/s1. The van der Waals surface area contributed by atoms with E-state index in [2.05, 4.69) is 9.69 Å². The highest BCUT2D eigenvalue weighted by Gasteiger charge is 2.38. The van der Waals surface area contributed by atoms with E-state index >= 15 is 0 Å². The second kappa shape index (κ2) is 12.1. The number of nitrogens with one attached hydrogen (secondary N) is 1. The third kappa shape index (κ3) is 5.94. The lowest BCUT2D eigenvalue weighted by Crippen LogP contribution is -2.45. The lowest BCUT2D eigenvalue weighted by Gasteiger charge is -2.32. The monoisotopic (exact) mass is 557 g/mol. The van der Waals surface area contributed by atoms with Gasteiger partial charge in [-0.1, -0.05) is 12.1 Å². The molecule has 4 rings (SSSR count). The number of carbonyl (C=O) groups is 3. The van der Waals surface area contributed by atoms with Crippen LogP contribution in [0.3, 0.4) is 0 Å². The number of ether oxygens (including phenoxy) is 3. The van der Waals surface area contributed by atoms with Gasteiger partial charge in [-0.15, -0.1) is 0 Å². The topological polar surface area (TPSA) is 159 Å².